The average molecular weight is 429 g/mol. The Morgan fingerprint density at radius 1 is 1.00 bits per heavy atom. The molecule has 4 nitrogen and oxygen atoms in total. The highest BCUT2D eigenvalue weighted by atomic mass is 19.4. The number of aryl methyl sites for hydroxylation is 2. The van der Waals surface area contributed by atoms with Crippen molar-refractivity contribution in [1.82, 2.24) is 4.90 Å². The number of nitrogens with zero attached hydrogens (tertiary/aromatic N) is 1. The molecule has 2 rings (SSSR count). The predicted octanol–water partition coefficient (Wildman–Crippen LogP) is 5.36. The molecule has 0 spiro atoms. The summed E-state index contributed by atoms with van der Waals surface area (Å²) in [6.45, 7) is -0.117. The molecule has 2 aromatic carbocycles. The van der Waals surface area contributed by atoms with Crippen LogP contribution in [-0.2, 0) is 17.6 Å². The molecule has 1 atom stereocenters. The topological polar surface area (TPSA) is 30.9 Å². The molecule has 0 bridgehead atoms. The molecule has 2 aromatic rings. The number of halogens is 4. The number of ether oxygens (including phenoxy) is 3. The molecule has 166 valence electrons. The summed E-state index contributed by atoms with van der Waals surface area (Å²) in [4.78, 5) is 2.02. The summed E-state index contributed by atoms with van der Waals surface area (Å²) in [6.07, 6.45) is -3.09. The van der Waals surface area contributed by atoms with Crippen LogP contribution in [0, 0.1) is 0 Å². The second-order valence-electron chi connectivity index (χ2n) is 7.07. The fourth-order valence-electron chi connectivity index (χ4n) is 2.96. The summed E-state index contributed by atoms with van der Waals surface area (Å²) in [5.74, 6) is 0.324. The number of hydrogen-bond donors (Lipinski definition) is 0. The van der Waals surface area contributed by atoms with Gasteiger partial charge in [0.1, 0.15) is 11.5 Å². The number of alkyl halides is 4. The monoisotopic (exact) mass is 429 g/mol. The van der Waals surface area contributed by atoms with Crippen LogP contribution in [0.15, 0.2) is 48.5 Å². The zero-order valence-corrected chi connectivity index (χ0v) is 17.1. The van der Waals surface area contributed by atoms with Gasteiger partial charge in [0.05, 0.1) is 0 Å². The molecular weight excluding hydrogens is 402 g/mol. The lowest BCUT2D eigenvalue weighted by Crippen LogP contribution is -2.23. The Hall–Kier alpha value is -2.32. The molecular formula is C22H27F4NO3. The van der Waals surface area contributed by atoms with Crippen molar-refractivity contribution in [2.24, 2.45) is 0 Å². The van der Waals surface area contributed by atoms with Gasteiger partial charge in [-0.05, 0) is 69.2 Å². The van der Waals surface area contributed by atoms with Crippen molar-refractivity contribution in [3.05, 3.63) is 59.7 Å². The van der Waals surface area contributed by atoms with Gasteiger partial charge in [-0.1, -0.05) is 30.3 Å². The lowest BCUT2D eigenvalue weighted by atomic mass is 10.0. The largest absolute Gasteiger partial charge is 0.573 e. The summed E-state index contributed by atoms with van der Waals surface area (Å²) in [6, 6.07) is 13.2. The van der Waals surface area contributed by atoms with Crippen molar-refractivity contribution in [2.75, 3.05) is 27.5 Å². The van der Waals surface area contributed by atoms with Gasteiger partial charge in [0, 0.05) is 6.42 Å². The Labute approximate surface area is 174 Å². The van der Waals surface area contributed by atoms with E-state index in [2.05, 4.69) is 4.74 Å². The highest BCUT2D eigenvalue weighted by Gasteiger charge is 2.31. The Morgan fingerprint density at radius 3 is 2.47 bits per heavy atom. The second kappa shape index (κ2) is 11.8. The van der Waals surface area contributed by atoms with Crippen LogP contribution in [0.1, 0.15) is 24.0 Å². The van der Waals surface area contributed by atoms with Crippen molar-refractivity contribution >= 4 is 0 Å². The maximum atomic E-state index is 12.8. The molecule has 1 unspecified atom stereocenters. The Bertz CT molecular complexity index is 768. The molecule has 0 saturated carbocycles. The highest BCUT2D eigenvalue weighted by molar-refractivity contribution is 5.35. The predicted molar refractivity (Wildman–Crippen MR) is 106 cm³/mol. The summed E-state index contributed by atoms with van der Waals surface area (Å²) in [5, 5.41) is 0. The molecule has 0 amide bonds. The standard InChI is InChI=1S/C22H27F4NO3/c1-27(2)14-6-11-21(28-16-23)29-20-10-4-3-8-18(20)13-12-17-7-5-9-19(15-17)30-22(24,25)26/h3-5,7-10,15,21H,6,11-14,16H2,1-2H3. The van der Waals surface area contributed by atoms with Crippen LogP contribution in [0.25, 0.3) is 0 Å². The third-order valence-corrected chi connectivity index (χ3v) is 4.34. The minimum Gasteiger partial charge on any atom is -0.465 e. The van der Waals surface area contributed by atoms with Crippen molar-refractivity contribution < 1.29 is 31.8 Å². The smallest absolute Gasteiger partial charge is 0.465 e. The molecule has 0 aromatic heterocycles. The van der Waals surface area contributed by atoms with Crippen molar-refractivity contribution in [2.45, 2.75) is 38.3 Å². The van der Waals surface area contributed by atoms with E-state index in [1.807, 2.05) is 37.2 Å². The molecule has 0 aliphatic carbocycles. The van der Waals surface area contributed by atoms with Crippen LogP contribution in [0.3, 0.4) is 0 Å². The van der Waals surface area contributed by atoms with E-state index in [9.17, 15) is 17.6 Å². The molecule has 30 heavy (non-hydrogen) atoms. The van der Waals surface area contributed by atoms with Crippen LogP contribution in [0.4, 0.5) is 17.6 Å². The van der Waals surface area contributed by atoms with Crippen LogP contribution in [-0.4, -0.2) is 45.1 Å². The molecule has 8 heteroatoms. The van der Waals surface area contributed by atoms with E-state index in [1.165, 1.54) is 18.2 Å². The number of hydrogen-bond acceptors (Lipinski definition) is 4. The van der Waals surface area contributed by atoms with Crippen LogP contribution in [0.5, 0.6) is 11.5 Å². The fourth-order valence-corrected chi connectivity index (χ4v) is 2.96. The van der Waals surface area contributed by atoms with Gasteiger partial charge < -0.3 is 19.1 Å². The van der Waals surface area contributed by atoms with Gasteiger partial charge >= 0.3 is 6.36 Å². The lowest BCUT2D eigenvalue weighted by molar-refractivity contribution is -0.274. The van der Waals surface area contributed by atoms with Gasteiger partial charge in [-0.3, -0.25) is 0 Å². The quantitative estimate of drug-likeness (QED) is 0.336. The van der Waals surface area contributed by atoms with Crippen molar-refractivity contribution in [1.29, 1.82) is 0 Å². The minimum atomic E-state index is -4.73. The third kappa shape index (κ3) is 9.00. The fraction of sp³-hybridized carbons (Fsp3) is 0.455. The van der Waals surface area contributed by atoms with Gasteiger partial charge in [0.2, 0.25) is 6.29 Å². The van der Waals surface area contributed by atoms with Crippen LogP contribution in [0.2, 0.25) is 0 Å². The van der Waals surface area contributed by atoms with Gasteiger partial charge in [0.15, 0.2) is 6.86 Å². The maximum Gasteiger partial charge on any atom is 0.573 e. The number of para-hydroxylation sites is 1. The first-order valence-corrected chi connectivity index (χ1v) is 9.68. The first-order chi connectivity index (χ1) is 14.3. The van der Waals surface area contributed by atoms with Crippen LogP contribution >= 0.6 is 0 Å². The summed E-state index contributed by atoms with van der Waals surface area (Å²) in [5.41, 5.74) is 1.56. The average Bonchev–Trinajstić information content (AvgIpc) is 2.66. The van der Waals surface area contributed by atoms with E-state index in [-0.39, 0.29) is 5.75 Å². The molecule has 0 heterocycles. The zero-order valence-electron chi connectivity index (χ0n) is 17.1. The maximum absolute atomic E-state index is 12.8. The van der Waals surface area contributed by atoms with Gasteiger partial charge in [-0.2, -0.15) is 0 Å². The Balaban J connectivity index is 2.01. The SMILES string of the molecule is CN(C)CCCC(OCF)Oc1ccccc1CCc1cccc(OC(F)(F)F)c1. The minimum absolute atomic E-state index is 0.248. The van der Waals surface area contributed by atoms with E-state index in [1.54, 1.807) is 12.1 Å². The molecule has 0 aliphatic rings. The second-order valence-corrected chi connectivity index (χ2v) is 7.07. The summed E-state index contributed by atoms with van der Waals surface area (Å²) >= 11 is 0. The summed E-state index contributed by atoms with van der Waals surface area (Å²) in [7, 11) is 3.91. The normalized spacial score (nSPS) is 12.8. The van der Waals surface area contributed by atoms with E-state index >= 15 is 0 Å². The zero-order chi connectivity index (χ0) is 22.0. The highest BCUT2D eigenvalue weighted by Crippen LogP contribution is 2.26. The van der Waals surface area contributed by atoms with Gasteiger partial charge in [-0.25, -0.2) is 4.39 Å². The van der Waals surface area contributed by atoms with Gasteiger partial charge in [0.25, 0.3) is 0 Å². The van der Waals surface area contributed by atoms with Crippen molar-refractivity contribution in [3.8, 4) is 11.5 Å². The molecule has 0 aliphatic heterocycles. The number of rotatable bonds is 12. The van der Waals surface area contributed by atoms with Gasteiger partial charge in [-0.15, -0.1) is 13.2 Å². The summed E-state index contributed by atoms with van der Waals surface area (Å²) < 4.78 is 64.9. The molecule has 0 saturated heterocycles. The van der Waals surface area contributed by atoms with E-state index in [0.29, 0.717) is 30.6 Å². The van der Waals surface area contributed by atoms with Crippen LogP contribution < -0.4 is 9.47 Å². The first-order valence-electron chi connectivity index (χ1n) is 9.68. The van der Waals surface area contributed by atoms with E-state index in [4.69, 9.17) is 9.47 Å². The molecule has 0 N–H and O–H groups in total. The Morgan fingerprint density at radius 2 is 1.77 bits per heavy atom. The van der Waals surface area contributed by atoms with E-state index in [0.717, 1.165) is 18.5 Å². The molecule has 0 fully saturated rings. The first kappa shape index (κ1) is 24.0. The van der Waals surface area contributed by atoms with E-state index < -0.39 is 19.5 Å². The third-order valence-electron chi connectivity index (χ3n) is 4.34. The number of benzene rings is 2. The van der Waals surface area contributed by atoms with Crippen molar-refractivity contribution in [3.63, 3.8) is 0 Å². The Kier molecular flexibility index (Phi) is 9.39. The molecule has 0 radical (unpaired) electrons. The lowest BCUT2D eigenvalue weighted by Gasteiger charge is -2.21.